The molecule has 0 radical (unpaired) electrons. The fraction of sp³-hybridized carbons (Fsp3) is 0.333. The summed E-state index contributed by atoms with van der Waals surface area (Å²) in [4.78, 5) is 16.1. The van der Waals surface area contributed by atoms with E-state index in [4.69, 9.17) is 9.15 Å². The van der Waals surface area contributed by atoms with Crippen LogP contribution in [0.4, 0.5) is 5.82 Å². The highest BCUT2D eigenvalue weighted by atomic mass is 16.5. The topological polar surface area (TPSA) is 76.4 Å². The summed E-state index contributed by atoms with van der Waals surface area (Å²) in [5, 5.41) is 5.95. The maximum atomic E-state index is 12.0. The standard InChI is InChI=1S/C15H19N3O3/c1-20-8-3-6-17-15(19)12-5-7-16-14(10-12)18-11-13-4-2-9-21-13/h2,4-5,7,9-10H,3,6,8,11H2,1H3,(H,16,18)(H,17,19). The molecular weight excluding hydrogens is 270 g/mol. The Bertz CT molecular complexity index is 555. The molecule has 2 rings (SSSR count). The van der Waals surface area contributed by atoms with E-state index in [1.54, 1.807) is 31.7 Å². The second kappa shape index (κ2) is 8.06. The van der Waals surface area contributed by atoms with Gasteiger partial charge in [0.1, 0.15) is 11.6 Å². The third-order valence-electron chi connectivity index (χ3n) is 2.86. The van der Waals surface area contributed by atoms with Gasteiger partial charge in [-0.1, -0.05) is 0 Å². The summed E-state index contributed by atoms with van der Waals surface area (Å²) in [6.45, 7) is 1.75. The molecule has 0 aliphatic rings. The van der Waals surface area contributed by atoms with Crippen molar-refractivity contribution in [3.63, 3.8) is 0 Å². The number of ether oxygens (including phenoxy) is 1. The quantitative estimate of drug-likeness (QED) is 0.727. The highest BCUT2D eigenvalue weighted by Crippen LogP contribution is 2.09. The zero-order valence-corrected chi connectivity index (χ0v) is 12.0. The predicted octanol–water partition coefficient (Wildman–Crippen LogP) is 2.05. The van der Waals surface area contributed by atoms with E-state index in [0.29, 0.717) is 31.1 Å². The van der Waals surface area contributed by atoms with Gasteiger partial charge in [-0.15, -0.1) is 0 Å². The van der Waals surface area contributed by atoms with Crippen LogP contribution in [-0.4, -0.2) is 31.2 Å². The Balaban J connectivity index is 1.86. The number of hydrogen-bond acceptors (Lipinski definition) is 5. The van der Waals surface area contributed by atoms with E-state index in [1.165, 1.54) is 0 Å². The smallest absolute Gasteiger partial charge is 0.251 e. The van der Waals surface area contributed by atoms with Gasteiger partial charge in [0.2, 0.25) is 0 Å². The zero-order valence-electron chi connectivity index (χ0n) is 12.0. The molecule has 0 spiro atoms. The maximum Gasteiger partial charge on any atom is 0.251 e. The first-order valence-corrected chi connectivity index (χ1v) is 6.79. The molecule has 2 heterocycles. The Hall–Kier alpha value is -2.34. The van der Waals surface area contributed by atoms with Crippen LogP contribution in [0.2, 0.25) is 0 Å². The molecule has 2 aromatic rings. The van der Waals surface area contributed by atoms with Gasteiger partial charge in [-0.3, -0.25) is 4.79 Å². The van der Waals surface area contributed by atoms with Gasteiger partial charge in [-0.25, -0.2) is 4.98 Å². The Morgan fingerprint density at radius 1 is 1.43 bits per heavy atom. The Kier molecular flexibility index (Phi) is 5.78. The molecule has 0 saturated heterocycles. The number of nitrogens with one attached hydrogen (secondary N) is 2. The average Bonchev–Trinajstić information content (AvgIpc) is 3.03. The largest absolute Gasteiger partial charge is 0.467 e. The van der Waals surface area contributed by atoms with Gasteiger partial charge in [0.25, 0.3) is 5.91 Å². The molecule has 21 heavy (non-hydrogen) atoms. The first kappa shape index (κ1) is 15.1. The van der Waals surface area contributed by atoms with Crippen LogP contribution in [0.3, 0.4) is 0 Å². The molecular formula is C15H19N3O3. The van der Waals surface area contributed by atoms with Crippen molar-refractivity contribution in [2.24, 2.45) is 0 Å². The van der Waals surface area contributed by atoms with Gasteiger partial charge >= 0.3 is 0 Å². The lowest BCUT2D eigenvalue weighted by Gasteiger charge is -2.07. The summed E-state index contributed by atoms with van der Waals surface area (Å²) in [6, 6.07) is 7.10. The predicted molar refractivity (Wildman–Crippen MR) is 79.1 cm³/mol. The summed E-state index contributed by atoms with van der Waals surface area (Å²) in [6.07, 6.45) is 4.01. The molecule has 0 fully saturated rings. The van der Waals surface area contributed by atoms with Crippen LogP contribution in [0.1, 0.15) is 22.5 Å². The summed E-state index contributed by atoms with van der Waals surface area (Å²) in [5.41, 5.74) is 0.573. The lowest BCUT2D eigenvalue weighted by Crippen LogP contribution is -2.25. The van der Waals surface area contributed by atoms with E-state index in [1.807, 2.05) is 12.1 Å². The Morgan fingerprint density at radius 3 is 3.10 bits per heavy atom. The molecule has 1 amide bonds. The van der Waals surface area contributed by atoms with Gasteiger partial charge in [-0.2, -0.15) is 0 Å². The lowest BCUT2D eigenvalue weighted by molar-refractivity contribution is 0.0948. The van der Waals surface area contributed by atoms with E-state index in [9.17, 15) is 4.79 Å². The molecule has 0 aromatic carbocycles. The minimum atomic E-state index is -0.116. The number of aromatic nitrogens is 1. The monoisotopic (exact) mass is 289 g/mol. The van der Waals surface area contributed by atoms with Crippen LogP contribution < -0.4 is 10.6 Å². The highest BCUT2D eigenvalue weighted by Gasteiger charge is 2.06. The van der Waals surface area contributed by atoms with Crippen molar-refractivity contribution in [2.75, 3.05) is 25.6 Å². The van der Waals surface area contributed by atoms with Crippen molar-refractivity contribution < 1.29 is 13.9 Å². The van der Waals surface area contributed by atoms with Crippen LogP contribution in [0.5, 0.6) is 0 Å². The van der Waals surface area contributed by atoms with Gasteiger partial charge in [-0.05, 0) is 30.7 Å². The molecule has 6 nitrogen and oxygen atoms in total. The van der Waals surface area contributed by atoms with Crippen LogP contribution >= 0.6 is 0 Å². The van der Waals surface area contributed by atoms with E-state index in [-0.39, 0.29) is 5.91 Å². The van der Waals surface area contributed by atoms with Crippen molar-refractivity contribution in [1.82, 2.24) is 10.3 Å². The average molecular weight is 289 g/mol. The normalized spacial score (nSPS) is 10.3. The van der Waals surface area contributed by atoms with E-state index >= 15 is 0 Å². The number of pyridine rings is 1. The third-order valence-corrected chi connectivity index (χ3v) is 2.86. The SMILES string of the molecule is COCCCNC(=O)c1ccnc(NCc2ccco2)c1. The van der Waals surface area contributed by atoms with Crippen LogP contribution in [0.15, 0.2) is 41.1 Å². The number of rotatable bonds is 8. The first-order valence-electron chi connectivity index (χ1n) is 6.79. The maximum absolute atomic E-state index is 12.0. The second-order valence-electron chi connectivity index (χ2n) is 4.46. The van der Waals surface area contributed by atoms with Crippen LogP contribution in [-0.2, 0) is 11.3 Å². The minimum absolute atomic E-state index is 0.116. The van der Waals surface area contributed by atoms with Crippen LogP contribution in [0.25, 0.3) is 0 Å². The van der Waals surface area contributed by atoms with Gasteiger partial charge in [0.15, 0.2) is 0 Å². The van der Waals surface area contributed by atoms with E-state index in [2.05, 4.69) is 15.6 Å². The second-order valence-corrected chi connectivity index (χ2v) is 4.46. The molecule has 0 aliphatic heterocycles. The molecule has 0 unspecified atom stereocenters. The number of amides is 1. The van der Waals surface area contributed by atoms with Crippen molar-refractivity contribution in [3.05, 3.63) is 48.0 Å². The number of methoxy groups -OCH3 is 1. The van der Waals surface area contributed by atoms with Gasteiger partial charge < -0.3 is 19.8 Å². The summed E-state index contributed by atoms with van der Waals surface area (Å²) in [5.74, 6) is 1.33. The number of anilines is 1. The molecule has 2 aromatic heterocycles. The van der Waals surface area contributed by atoms with Crippen molar-refractivity contribution in [1.29, 1.82) is 0 Å². The number of furan rings is 1. The fourth-order valence-electron chi connectivity index (χ4n) is 1.78. The summed E-state index contributed by atoms with van der Waals surface area (Å²) >= 11 is 0. The molecule has 2 N–H and O–H groups in total. The highest BCUT2D eigenvalue weighted by molar-refractivity contribution is 5.94. The Labute approximate surface area is 123 Å². The fourth-order valence-corrected chi connectivity index (χ4v) is 1.78. The number of nitrogens with zero attached hydrogens (tertiary/aromatic N) is 1. The molecule has 0 bridgehead atoms. The molecule has 112 valence electrons. The third kappa shape index (κ3) is 4.92. The summed E-state index contributed by atoms with van der Waals surface area (Å²) in [7, 11) is 1.64. The van der Waals surface area contributed by atoms with Crippen molar-refractivity contribution in [2.45, 2.75) is 13.0 Å². The molecule has 6 heteroatoms. The minimum Gasteiger partial charge on any atom is -0.467 e. The van der Waals surface area contributed by atoms with E-state index in [0.717, 1.165) is 12.2 Å². The number of carbonyl (C=O) groups is 1. The Morgan fingerprint density at radius 2 is 2.33 bits per heavy atom. The molecule has 0 aliphatic carbocycles. The summed E-state index contributed by atoms with van der Waals surface area (Å²) < 4.78 is 10.2. The number of hydrogen-bond donors (Lipinski definition) is 2. The first-order chi connectivity index (χ1) is 10.3. The van der Waals surface area contributed by atoms with Gasteiger partial charge in [0.05, 0.1) is 12.8 Å². The van der Waals surface area contributed by atoms with Crippen molar-refractivity contribution in [3.8, 4) is 0 Å². The lowest BCUT2D eigenvalue weighted by atomic mass is 10.2. The number of carbonyl (C=O) groups excluding carboxylic acids is 1. The van der Waals surface area contributed by atoms with Gasteiger partial charge in [0, 0.05) is 32.0 Å². The molecule has 0 saturated carbocycles. The molecule has 0 atom stereocenters. The van der Waals surface area contributed by atoms with Crippen molar-refractivity contribution >= 4 is 11.7 Å². The van der Waals surface area contributed by atoms with Crippen LogP contribution in [0, 0.1) is 0 Å². The van der Waals surface area contributed by atoms with E-state index < -0.39 is 0 Å². The zero-order chi connectivity index (χ0) is 14.9.